The Morgan fingerprint density at radius 1 is 0.955 bits per heavy atom. The molecule has 0 spiro atoms. The van der Waals surface area contributed by atoms with Gasteiger partial charge in [-0.3, -0.25) is 34.1 Å². The quantitative estimate of drug-likeness (QED) is 0.318. The molecule has 12 heteroatoms. The Labute approximate surface area is 253 Å². The van der Waals surface area contributed by atoms with Gasteiger partial charge in [0.1, 0.15) is 11.9 Å². The molecule has 4 amide bonds. The molecule has 0 bridgehead atoms. The average Bonchev–Trinajstić information content (AvgIpc) is 3.68. The molecule has 3 aliphatic heterocycles. The third kappa shape index (κ3) is 4.83. The van der Waals surface area contributed by atoms with Gasteiger partial charge >= 0.3 is 0 Å². The standard InChI is InChI=1S/C32H33N7O5/c40-28-9-8-26(30(41)36-28)39-31(42)22-7-6-19(12-23(22)32(39)43)33-13-17-10-21(11-17)38-14-24(29(37-38)18-4-5-18)25-2-1-3-27(35-25)34-20-15-44-16-20/h1-3,6-7,12,14,17-18,20-21,26,33H,4-5,8-11,13,15-16H2,(H,34,35)(H,36,40,41)/t17-,21-,26?. The molecule has 44 heavy (non-hydrogen) atoms. The van der Waals surface area contributed by atoms with Crippen LogP contribution in [0, 0.1) is 5.92 Å². The first-order valence-electron chi connectivity index (χ1n) is 15.4. The molecular formula is C32H33N7O5. The second kappa shape index (κ2) is 10.5. The summed E-state index contributed by atoms with van der Waals surface area (Å²) < 4.78 is 7.41. The molecule has 12 nitrogen and oxygen atoms in total. The summed E-state index contributed by atoms with van der Waals surface area (Å²) in [5, 5.41) is 14.1. The lowest BCUT2D eigenvalue weighted by atomic mass is 9.80. The van der Waals surface area contributed by atoms with Crippen molar-refractivity contribution in [2.75, 3.05) is 30.4 Å². The molecule has 5 heterocycles. The first-order chi connectivity index (χ1) is 21.4. The fraction of sp³-hybridized carbons (Fsp3) is 0.438. The van der Waals surface area contributed by atoms with Crippen LogP contribution in [0.2, 0.25) is 0 Å². The highest BCUT2D eigenvalue weighted by Gasteiger charge is 2.44. The van der Waals surface area contributed by atoms with E-state index in [0.29, 0.717) is 37.1 Å². The number of pyridine rings is 1. The molecule has 1 unspecified atom stereocenters. The van der Waals surface area contributed by atoms with Gasteiger partial charge in [-0.15, -0.1) is 0 Å². The molecule has 2 aliphatic carbocycles. The maximum absolute atomic E-state index is 13.1. The minimum Gasteiger partial charge on any atom is -0.385 e. The van der Waals surface area contributed by atoms with Crippen LogP contribution in [-0.4, -0.2) is 75.1 Å². The van der Waals surface area contributed by atoms with Crippen molar-refractivity contribution in [1.82, 2.24) is 25.0 Å². The maximum atomic E-state index is 13.1. The number of piperidine rings is 1. The third-order valence-electron chi connectivity index (χ3n) is 9.36. The molecule has 226 valence electrons. The van der Waals surface area contributed by atoms with Crippen LogP contribution in [0.5, 0.6) is 0 Å². The maximum Gasteiger partial charge on any atom is 0.262 e. The number of hydrogen-bond donors (Lipinski definition) is 3. The predicted octanol–water partition coefficient (Wildman–Crippen LogP) is 3.10. The summed E-state index contributed by atoms with van der Waals surface area (Å²) in [7, 11) is 0. The lowest BCUT2D eigenvalue weighted by molar-refractivity contribution is -0.136. The Hall–Kier alpha value is -4.58. The SMILES string of the molecule is O=C1CCC(N2C(=O)c3ccc(NC[C@H]4C[C@H](n5cc(-c6cccc(NC7COC7)n6)c(C6CC6)n5)C4)cc3C2=O)C(=O)N1. The van der Waals surface area contributed by atoms with Crippen molar-refractivity contribution in [2.45, 2.75) is 62.6 Å². The van der Waals surface area contributed by atoms with Crippen LogP contribution in [-0.2, 0) is 14.3 Å². The van der Waals surface area contributed by atoms with E-state index in [1.165, 1.54) is 12.8 Å². The highest BCUT2D eigenvalue weighted by atomic mass is 16.5. The van der Waals surface area contributed by atoms with Gasteiger partial charge in [0.25, 0.3) is 11.8 Å². The fourth-order valence-electron chi connectivity index (χ4n) is 6.57. The van der Waals surface area contributed by atoms with Crippen LogP contribution in [0.15, 0.2) is 42.6 Å². The van der Waals surface area contributed by atoms with Crippen LogP contribution in [0.25, 0.3) is 11.3 Å². The number of hydrogen-bond acceptors (Lipinski definition) is 9. The lowest BCUT2D eigenvalue weighted by Gasteiger charge is -2.35. The zero-order valence-electron chi connectivity index (χ0n) is 24.1. The molecule has 1 aromatic carbocycles. The minimum atomic E-state index is -0.967. The number of ether oxygens (including phenoxy) is 1. The molecule has 4 fully saturated rings. The number of amides is 4. The van der Waals surface area contributed by atoms with Crippen molar-refractivity contribution in [1.29, 1.82) is 0 Å². The van der Waals surface area contributed by atoms with Gasteiger partial charge < -0.3 is 15.4 Å². The van der Waals surface area contributed by atoms with Crippen LogP contribution in [0.3, 0.4) is 0 Å². The van der Waals surface area contributed by atoms with E-state index in [-0.39, 0.29) is 29.9 Å². The Balaban J connectivity index is 0.903. The van der Waals surface area contributed by atoms with Gasteiger partial charge in [0.2, 0.25) is 11.8 Å². The Morgan fingerprint density at radius 2 is 1.77 bits per heavy atom. The summed E-state index contributed by atoms with van der Waals surface area (Å²) >= 11 is 0. The predicted molar refractivity (Wildman–Crippen MR) is 159 cm³/mol. The average molecular weight is 596 g/mol. The van der Waals surface area contributed by atoms with Gasteiger partial charge in [-0.05, 0) is 68.4 Å². The molecular weight excluding hydrogens is 562 g/mol. The molecule has 2 saturated carbocycles. The first kappa shape index (κ1) is 27.0. The van der Waals surface area contributed by atoms with Gasteiger partial charge in [0.15, 0.2) is 0 Å². The molecule has 0 radical (unpaired) electrons. The molecule has 3 aromatic rings. The topological polar surface area (TPSA) is 148 Å². The molecule has 2 saturated heterocycles. The number of carbonyl (C=O) groups is 4. The summed E-state index contributed by atoms with van der Waals surface area (Å²) in [4.78, 5) is 55.9. The number of anilines is 2. The first-order valence-corrected chi connectivity index (χ1v) is 15.4. The largest absolute Gasteiger partial charge is 0.385 e. The van der Waals surface area contributed by atoms with E-state index >= 15 is 0 Å². The van der Waals surface area contributed by atoms with E-state index in [1.54, 1.807) is 18.2 Å². The van der Waals surface area contributed by atoms with Crippen molar-refractivity contribution in [3.63, 3.8) is 0 Å². The van der Waals surface area contributed by atoms with E-state index in [4.69, 9.17) is 14.8 Å². The molecule has 8 rings (SSSR count). The lowest BCUT2D eigenvalue weighted by Crippen LogP contribution is -2.54. The Kier molecular flexibility index (Phi) is 6.47. The summed E-state index contributed by atoms with van der Waals surface area (Å²) in [5.41, 5.74) is 4.52. The number of nitrogens with zero attached hydrogens (tertiary/aromatic N) is 4. The van der Waals surface area contributed by atoms with Crippen molar-refractivity contribution in [3.05, 3.63) is 59.4 Å². The summed E-state index contributed by atoms with van der Waals surface area (Å²) in [6.07, 6.45) is 6.70. The number of nitrogens with one attached hydrogen (secondary N) is 3. The van der Waals surface area contributed by atoms with Crippen molar-refractivity contribution in [2.24, 2.45) is 5.92 Å². The van der Waals surface area contributed by atoms with Gasteiger partial charge in [0.05, 0.1) is 47.8 Å². The van der Waals surface area contributed by atoms with E-state index in [9.17, 15) is 19.2 Å². The fourth-order valence-corrected chi connectivity index (χ4v) is 6.57. The van der Waals surface area contributed by atoms with Gasteiger partial charge in [0, 0.05) is 36.3 Å². The van der Waals surface area contributed by atoms with Crippen molar-refractivity contribution < 1.29 is 23.9 Å². The van der Waals surface area contributed by atoms with Crippen LogP contribution >= 0.6 is 0 Å². The van der Waals surface area contributed by atoms with Gasteiger partial charge in [-0.25, -0.2) is 4.98 Å². The third-order valence-corrected chi connectivity index (χ3v) is 9.36. The zero-order valence-corrected chi connectivity index (χ0v) is 24.1. The van der Waals surface area contributed by atoms with Crippen molar-refractivity contribution >= 4 is 35.1 Å². The number of imide groups is 2. The van der Waals surface area contributed by atoms with Crippen LogP contribution in [0.4, 0.5) is 11.5 Å². The Bertz CT molecular complexity index is 1690. The molecule has 3 N–H and O–H groups in total. The van der Waals surface area contributed by atoms with Crippen LogP contribution < -0.4 is 16.0 Å². The number of rotatable bonds is 9. The second-order valence-electron chi connectivity index (χ2n) is 12.5. The van der Waals surface area contributed by atoms with E-state index in [0.717, 1.165) is 52.7 Å². The normalized spacial score (nSPS) is 24.9. The van der Waals surface area contributed by atoms with E-state index in [2.05, 4.69) is 32.9 Å². The number of benzene rings is 1. The number of carbonyl (C=O) groups excluding carboxylic acids is 4. The Morgan fingerprint density at radius 3 is 2.52 bits per heavy atom. The minimum absolute atomic E-state index is 0.0961. The molecule has 1 atom stereocenters. The summed E-state index contributed by atoms with van der Waals surface area (Å²) in [6.45, 7) is 2.16. The smallest absolute Gasteiger partial charge is 0.262 e. The summed E-state index contributed by atoms with van der Waals surface area (Å²) in [6, 6.07) is 10.9. The van der Waals surface area contributed by atoms with E-state index < -0.39 is 23.8 Å². The van der Waals surface area contributed by atoms with Crippen LogP contribution in [0.1, 0.15) is 76.9 Å². The molecule has 2 aromatic heterocycles. The monoisotopic (exact) mass is 595 g/mol. The number of aromatic nitrogens is 3. The highest BCUT2D eigenvalue weighted by molar-refractivity contribution is 6.23. The van der Waals surface area contributed by atoms with E-state index in [1.807, 2.05) is 12.1 Å². The zero-order chi connectivity index (χ0) is 29.9. The highest BCUT2D eigenvalue weighted by Crippen LogP contribution is 2.45. The second-order valence-corrected chi connectivity index (χ2v) is 12.5. The van der Waals surface area contributed by atoms with Gasteiger partial charge in [-0.1, -0.05) is 6.07 Å². The number of fused-ring (bicyclic) bond motifs is 1. The summed E-state index contributed by atoms with van der Waals surface area (Å²) in [5.74, 6) is -0.187. The molecule has 5 aliphatic rings. The van der Waals surface area contributed by atoms with Crippen molar-refractivity contribution in [3.8, 4) is 11.3 Å². The van der Waals surface area contributed by atoms with Gasteiger partial charge in [-0.2, -0.15) is 5.10 Å².